The zero-order valence-electron chi connectivity index (χ0n) is 16.1. The normalized spacial score (nSPS) is 11.1. The van der Waals surface area contributed by atoms with Gasteiger partial charge in [0.25, 0.3) is 5.91 Å². The van der Waals surface area contributed by atoms with Crippen molar-refractivity contribution in [1.29, 1.82) is 0 Å². The summed E-state index contributed by atoms with van der Waals surface area (Å²) in [6.07, 6.45) is 5.03. The highest BCUT2D eigenvalue weighted by Crippen LogP contribution is 2.27. The Kier molecular flexibility index (Phi) is 4.61. The second-order valence-corrected chi connectivity index (χ2v) is 8.00. The summed E-state index contributed by atoms with van der Waals surface area (Å²) in [4.78, 5) is 23.2. The number of amides is 1. The predicted octanol–water partition coefficient (Wildman–Crippen LogP) is 4.76. The molecule has 148 valence electrons. The van der Waals surface area contributed by atoms with Crippen molar-refractivity contribution in [2.45, 2.75) is 13.5 Å². The van der Waals surface area contributed by atoms with Crippen LogP contribution >= 0.6 is 11.3 Å². The van der Waals surface area contributed by atoms with Crippen LogP contribution in [-0.4, -0.2) is 25.7 Å². The standard InChI is InChI=1S/C22H17N5O2S/c1-14-11-23-22(30-14)26-21(28)17-10-19(15-6-3-2-4-7-15)25-20-18(17)12-24-27(20)13-16-8-5-9-29-16/h2-12H,13H2,1H3,(H,23,26,28). The average Bonchev–Trinajstić information content (AvgIpc) is 3.51. The molecule has 7 nitrogen and oxygen atoms in total. The number of aryl methyl sites for hydroxylation is 1. The molecule has 0 saturated heterocycles. The van der Waals surface area contributed by atoms with E-state index >= 15 is 0 Å². The van der Waals surface area contributed by atoms with Crippen LogP contribution in [0.1, 0.15) is 21.0 Å². The molecule has 1 N–H and O–H groups in total. The van der Waals surface area contributed by atoms with Crippen molar-refractivity contribution in [3.63, 3.8) is 0 Å². The van der Waals surface area contributed by atoms with Gasteiger partial charge in [-0.15, -0.1) is 11.3 Å². The van der Waals surface area contributed by atoms with Crippen molar-refractivity contribution < 1.29 is 9.21 Å². The number of furan rings is 1. The molecular weight excluding hydrogens is 398 g/mol. The first-order chi connectivity index (χ1) is 14.7. The number of rotatable bonds is 5. The smallest absolute Gasteiger partial charge is 0.258 e. The number of thiazole rings is 1. The van der Waals surface area contributed by atoms with Gasteiger partial charge in [-0.2, -0.15) is 5.10 Å². The topological polar surface area (TPSA) is 85.8 Å². The highest BCUT2D eigenvalue weighted by molar-refractivity contribution is 7.15. The van der Waals surface area contributed by atoms with E-state index in [2.05, 4.69) is 15.4 Å². The van der Waals surface area contributed by atoms with Gasteiger partial charge in [0.2, 0.25) is 0 Å². The van der Waals surface area contributed by atoms with Crippen LogP contribution in [0.15, 0.2) is 71.6 Å². The molecule has 30 heavy (non-hydrogen) atoms. The van der Waals surface area contributed by atoms with Crippen molar-refractivity contribution in [3.8, 4) is 11.3 Å². The number of benzene rings is 1. The van der Waals surface area contributed by atoms with Gasteiger partial charge in [0.15, 0.2) is 10.8 Å². The van der Waals surface area contributed by atoms with Gasteiger partial charge in [0, 0.05) is 16.6 Å². The fraction of sp³-hybridized carbons (Fsp3) is 0.0909. The number of hydrogen-bond donors (Lipinski definition) is 1. The Labute approximate surface area is 176 Å². The molecule has 4 aromatic heterocycles. The molecule has 4 heterocycles. The Morgan fingerprint density at radius 1 is 1.17 bits per heavy atom. The summed E-state index contributed by atoms with van der Waals surface area (Å²) in [5, 5.41) is 8.59. The van der Waals surface area contributed by atoms with Gasteiger partial charge in [-0.1, -0.05) is 30.3 Å². The van der Waals surface area contributed by atoms with Crippen molar-refractivity contribution >= 4 is 33.4 Å². The second kappa shape index (κ2) is 7.57. The zero-order valence-corrected chi connectivity index (χ0v) is 16.9. The summed E-state index contributed by atoms with van der Waals surface area (Å²) in [5.74, 6) is 0.516. The summed E-state index contributed by atoms with van der Waals surface area (Å²) in [5.41, 5.74) is 2.74. The molecule has 8 heteroatoms. The van der Waals surface area contributed by atoms with Crippen LogP contribution in [0, 0.1) is 6.92 Å². The van der Waals surface area contributed by atoms with E-state index in [0.29, 0.717) is 34.0 Å². The predicted molar refractivity (Wildman–Crippen MR) is 116 cm³/mol. The number of hydrogen-bond acceptors (Lipinski definition) is 6. The van der Waals surface area contributed by atoms with Gasteiger partial charge in [-0.05, 0) is 25.1 Å². The van der Waals surface area contributed by atoms with Gasteiger partial charge in [-0.25, -0.2) is 14.6 Å². The fourth-order valence-corrected chi connectivity index (χ4v) is 3.89. The van der Waals surface area contributed by atoms with Crippen LogP contribution in [0.2, 0.25) is 0 Å². The Bertz CT molecular complexity index is 1320. The number of fused-ring (bicyclic) bond motifs is 1. The molecule has 0 bridgehead atoms. The number of aromatic nitrogens is 4. The van der Waals surface area contributed by atoms with Gasteiger partial charge < -0.3 is 4.42 Å². The maximum absolute atomic E-state index is 13.1. The van der Waals surface area contributed by atoms with E-state index < -0.39 is 0 Å². The third-order valence-corrected chi connectivity index (χ3v) is 5.48. The number of anilines is 1. The van der Waals surface area contributed by atoms with Crippen molar-refractivity contribution in [2.75, 3.05) is 5.32 Å². The third-order valence-electron chi connectivity index (χ3n) is 4.65. The Hall–Kier alpha value is -3.78. The molecular formula is C22H17N5O2S. The maximum Gasteiger partial charge on any atom is 0.258 e. The van der Waals surface area contributed by atoms with E-state index in [0.717, 1.165) is 16.2 Å². The Morgan fingerprint density at radius 2 is 2.03 bits per heavy atom. The SMILES string of the molecule is Cc1cnc(NC(=O)c2cc(-c3ccccc3)nc3c2cnn3Cc2ccco2)s1. The van der Waals surface area contributed by atoms with Crippen LogP contribution in [0.4, 0.5) is 5.13 Å². The summed E-state index contributed by atoms with van der Waals surface area (Å²) >= 11 is 1.43. The number of nitrogens with zero attached hydrogens (tertiary/aromatic N) is 4. The van der Waals surface area contributed by atoms with Crippen LogP contribution in [-0.2, 0) is 6.54 Å². The quantitative estimate of drug-likeness (QED) is 0.447. The number of carbonyl (C=O) groups excluding carboxylic acids is 1. The lowest BCUT2D eigenvalue weighted by atomic mass is 10.1. The molecule has 0 aliphatic heterocycles. The van der Waals surface area contributed by atoms with Crippen molar-refractivity contribution in [1.82, 2.24) is 19.7 Å². The molecule has 0 aliphatic rings. The molecule has 5 aromatic rings. The number of pyridine rings is 1. The molecule has 0 radical (unpaired) electrons. The van der Waals surface area contributed by atoms with Crippen molar-refractivity contribution in [3.05, 3.63) is 83.4 Å². The minimum absolute atomic E-state index is 0.244. The molecule has 0 fully saturated rings. The van der Waals surface area contributed by atoms with Crippen molar-refractivity contribution in [2.24, 2.45) is 0 Å². The second-order valence-electron chi connectivity index (χ2n) is 6.77. The summed E-state index contributed by atoms with van der Waals surface area (Å²) < 4.78 is 7.20. The van der Waals surface area contributed by atoms with E-state index in [-0.39, 0.29) is 5.91 Å². The minimum atomic E-state index is -0.244. The zero-order chi connectivity index (χ0) is 20.5. The number of carbonyl (C=O) groups is 1. The lowest BCUT2D eigenvalue weighted by Crippen LogP contribution is -2.13. The van der Waals surface area contributed by atoms with E-state index in [1.165, 1.54) is 11.3 Å². The van der Waals surface area contributed by atoms with Crippen LogP contribution in [0.5, 0.6) is 0 Å². The first-order valence-electron chi connectivity index (χ1n) is 9.35. The summed E-state index contributed by atoms with van der Waals surface area (Å²) in [6.45, 7) is 2.37. The van der Waals surface area contributed by atoms with E-state index in [1.54, 1.807) is 29.4 Å². The third kappa shape index (κ3) is 3.48. The van der Waals surface area contributed by atoms with Gasteiger partial charge >= 0.3 is 0 Å². The summed E-state index contributed by atoms with van der Waals surface area (Å²) in [6, 6.07) is 15.3. The maximum atomic E-state index is 13.1. The van der Waals surface area contributed by atoms with Gasteiger partial charge in [0.05, 0.1) is 29.1 Å². The number of nitrogens with one attached hydrogen (secondary N) is 1. The van der Waals surface area contributed by atoms with Crippen LogP contribution in [0.25, 0.3) is 22.3 Å². The fourth-order valence-electron chi connectivity index (χ4n) is 3.24. The Morgan fingerprint density at radius 3 is 2.77 bits per heavy atom. The lowest BCUT2D eigenvalue weighted by Gasteiger charge is -2.08. The lowest BCUT2D eigenvalue weighted by molar-refractivity contribution is 0.102. The van der Waals surface area contributed by atoms with E-state index in [4.69, 9.17) is 9.40 Å². The highest BCUT2D eigenvalue weighted by atomic mass is 32.1. The largest absolute Gasteiger partial charge is 0.467 e. The van der Waals surface area contributed by atoms with Crippen LogP contribution in [0.3, 0.4) is 0 Å². The first-order valence-corrected chi connectivity index (χ1v) is 10.2. The minimum Gasteiger partial charge on any atom is -0.467 e. The van der Waals surface area contributed by atoms with Gasteiger partial charge in [0.1, 0.15) is 12.3 Å². The Balaban J connectivity index is 1.62. The molecule has 5 rings (SSSR count). The molecule has 1 amide bonds. The average molecular weight is 415 g/mol. The first kappa shape index (κ1) is 18.3. The summed E-state index contributed by atoms with van der Waals surface area (Å²) in [7, 11) is 0. The highest BCUT2D eigenvalue weighted by Gasteiger charge is 2.19. The van der Waals surface area contributed by atoms with Gasteiger partial charge in [-0.3, -0.25) is 10.1 Å². The van der Waals surface area contributed by atoms with E-state index in [9.17, 15) is 4.79 Å². The molecule has 0 saturated carbocycles. The van der Waals surface area contributed by atoms with E-state index in [1.807, 2.05) is 49.4 Å². The molecule has 0 spiro atoms. The monoisotopic (exact) mass is 415 g/mol. The molecule has 0 unspecified atom stereocenters. The molecule has 1 aromatic carbocycles. The van der Waals surface area contributed by atoms with Crippen LogP contribution < -0.4 is 5.32 Å². The molecule has 0 aliphatic carbocycles. The molecule has 0 atom stereocenters.